The number of hydrogen-bond acceptors (Lipinski definition) is 6. The molecule has 1 heterocycles. The number of aromatic hydroxyl groups is 1. The number of ether oxygens (including phenoxy) is 1. The average molecular weight is 520 g/mol. The van der Waals surface area contributed by atoms with Gasteiger partial charge in [-0.05, 0) is 96.3 Å². The zero-order chi connectivity index (χ0) is 26.1. The van der Waals surface area contributed by atoms with E-state index >= 15 is 0 Å². The van der Waals surface area contributed by atoms with E-state index in [0.717, 1.165) is 37.6 Å². The second kappa shape index (κ2) is 13.6. The molecule has 36 heavy (non-hydrogen) atoms. The number of nitrogens with zero attached hydrogens (tertiary/aromatic N) is 1. The number of nitrogens with one attached hydrogen (secondary N) is 2. The monoisotopic (exact) mass is 519 g/mol. The molecule has 2 aliphatic rings. The Balaban J connectivity index is 1.77. The molecule has 2 fully saturated rings. The molecular weight excluding hydrogens is 474 g/mol. The molecule has 0 radical (unpaired) electrons. The van der Waals surface area contributed by atoms with Crippen LogP contribution in [0.4, 0.5) is 4.79 Å². The Labute approximate surface area is 221 Å². The van der Waals surface area contributed by atoms with Crippen LogP contribution in [0, 0.1) is 11.8 Å². The first-order valence-corrected chi connectivity index (χ1v) is 14.5. The van der Waals surface area contributed by atoms with Crippen LogP contribution in [-0.2, 0) is 4.74 Å². The smallest absolute Gasteiger partial charge is 0.407 e. The summed E-state index contributed by atoms with van der Waals surface area (Å²) in [4.78, 5) is 28.1. The lowest BCUT2D eigenvalue weighted by Crippen LogP contribution is -2.53. The van der Waals surface area contributed by atoms with E-state index < -0.39 is 11.7 Å². The van der Waals surface area contributed by atoms with E-state index in [1.807, 2.05) is 32.5 Å². The molecule has 202 valence electrons. The van der Waals surface area contributed by atoms with Gasteiger partial charge in [-0.3, -0.25) is 4.79 Å². The number of likely N-dealkylation sites (tertiary alicyclic amines) is 1. The number of alkyl carbamates (subject to hydrolysis) is 1. The van der Waals surface area contributed by atoms with Crippen molar-refractivity contribution in [3.05, 3.63) is 29.8 Å². The maximum atomic E-state index is 12.9. The average Bonchev–Trinajstić information content (AvgIpc) is 2.83. The van der Waals surface area contributed by atoms with Gasteiger partial charge in [0.1, 0.15) is 11.4 Å². The summed E-state index contributed by atoms with van der Waals surface area (Å²) >= 11 is 1.97. The Kier molecular flexibility index (Phi) is 10.8. The highest BCUT2D eigenvalue weighted by molar-refractivity contribution is 8.00. The highest BCUT2D eigenvalue weighted by Crippen LogP contribution is 2.35. The number of piperidine rings is 1. The number of amides is 2. The largest absolute Gasteiger partial charge is 0.507 e. The lowest BCUT2D eigenvalue weighted by atomic mass is 9.89. The van der Waals surface area contributed by atoms with Gasteiger partial charge in [-0.2, -0.15) is 11.8 Å². The second-order valence-corrected chi connectivity index (χ2v) is 12.6. The zero-order valence-electron chi connectivity index (χ0n) is 22.4. The van der Waals surface area contributed by atoms with Crippen molar-refractivity contribution in [2.75, 3.05) is 32.4 Å². The van der Waals surface area contributed by atoms with Crippen molar-refractivity contribution in [1.29, 1.82) is 0 Å². The van der Waals surface area contributed by atoms with Gasteiger partial charge in [0.25, 0.3) is 5.91 Å². The van der Waals surface area contributed by atoms with Gasteiger partial charge in [0.2, 0.25) is 0 Å². The van der Waals surface area contributed by atoms with Gasteiger partial charge in [0, 0.05) is 11.8 Å². The van der Waals surface area contributed by atoms with Crippen LogP contribution in [0.1, 0.15) is 76.1 Å². The van der Waals surface area contributed by atoms with E-state index in [1.54, 1.807) is 18.2 Å². The van der Waals surface area contributed by atoms with Crippen molar-refractivity contribution in [1.82, 2.24) is 15.5 Å². The fraction of sp³-hybridized carbons (Fsp3) is 0.714. The Morgan fingerprint density at radius 2 is 1.78 bits per heavy atom. The van der Waals surface area contributed by atoms with Crippen molar-refractivity contribution in [3.63, 3.8) is 0 Å². The highest BCUT2D eigenvalue weighted by atomic mass is 32.2. The van der Waals surface area contributed by atoms with Crippen molar-refractivity contribution < 1.29 is 19.4 Å². The molecule has 1 aliphatic heterocycles. The zero-order valence-corrected chi connectivity index (χ0v) is 23.2. The Bertz CT molecular complexity index is 845. The molecule has 1 saturated carbocycles. The van der Waals surface area contributed by atoms with Crippen molar-refractivity contribution in [2.45, 2.75) is 82.6 Å². The van der Waals surface area contributed by atoms with E-state index in [-0.39, 0.29) is 35.1 Å². The van der Waals surface area contributed by atoms with Crippen molar-refractivity contribution in [2.24, 2.45) is 11.8 Å². The lowest BCUT2D eigenvalue weighted by Gasteiger charge is -2.39. The summed E-state index contributed by atoms with van der Waals surface area (Å²) in [6.07, 6.45) is 8.18. The first-order chi connectivity index (χ1) is 17.1. The topological polar surface area (TPSA) is 90.9 Å². The van der Waals surface area contributed by atoms with Gasteiger partial charge in [-0.1, -0.05) is 31.4 Å². The number of benzene rings is 1. The van der Waals surface area contributed by atoms with Crippen LogP contribution in [0.3, 0.4) is 0 Å². The SMILES string of the molecule is CN1CCC(C(SCC2CCCCC2)C(CNC(=O)c2ccccc2O)NC(=O)OC(C)(C)C)CC1. The fourth-order valence-corrected chi connectivity index (χ4v) is 6.98. The third kappa shape index (κ3) is 9.18. The molecule has 3 N–H and O–H groups in total. The molecule has 1 aliphatic carbocycles. The normalized spacial score (nSPS) is 19.9. The van der Waals surface area contributed by atoms with Crippen LogP contribution >= 0.6 is 11.8 Å². The molecular formula is C28H45N3O4S. The summed E-state index contributed by atoms with van der Waals surface area (Å²) in [5.74, 6) is 1.85. The van der Waals surface area contributed by atoms with Crippen LogP contribution in [0.5, 0.6) is 5.75 Å². The number of thioether (sulfide) groups is 1. The predicted octanol–water partition coefficient (Wildman–Crippen LogP) is 5.04. The molecule has 0 bridgehead atoms. The van der Waals surface area contributed by atoms with Crippen LogP contribution in [0.15, 0.2) is 24.3 Å². The van der Waals surface area contributed by atoms with Gasteiger partial charge >= 0.3 is 6.09 Å². The molecule has 8 heteroatoms. The van der Waals surface area contributed by atoms with Crippen molar-refractivity contribution in [3.8, 4) is 5.75 Å². The molecule has 1 aromatic rings. The summed E-state index contributed by atoms with van der Waals surface area (Å²) < 4.78 is 5.61. The fourth-order valence-electron chi connectivity index (χ4n) is 5.21. The van der Waals surface area contributed by atoms with Crippen LogP contribution in [0.2, 0.25) is 0 Å². The van der Waals surface area contributed by atoms with Gasteiger partial charge in [-0.25, -0.2) is 4.79 Å². The van der Waals surface area contributed by atoms with Gasteiger partial charge < -0.3 is 25.4 Å². The predicted molar refractivity (Wildman–Crippen MR) is 147 cm³/mol. The minimum absolute atomic E-state index is 0.0507. The molecule has 3 rings (SSSR count). The van der Waals surface area contributed by atoms with Crippen molar-refractivity contribution >= 4 is 23.8 Å². The minimum Gasteiger partial charge on any atom is -0.507 e. The van der Waals surface area contributed by atoms with E-state index in [4.69, 9.17) is 4.74 Å². The van der Waals surface area contributed by atoms with Gasteiger partial charge in [0.15, 0.2) is 0 Å². The first-order valence-electron chi connectivity index (χ1n) is 13.5. The third-order valence-corrected chi connectivity index (χ3v) is 8.97. The Morgan fingerprint density at radius 1 is 1.11 bits per heavy atom. The summed E-state index contributed by atoms with van der Waals surface area (Å²) in [7, 11) is 2.16. The summed E-state index contributed by atoms with van der Waals surface area (Å²) in [5, 5.41) is 16.4. The molecule has 2 amide bonds. The third-order valence-electron chi connectivity index (χ3n) is 7.21. The minimum atomic E-state index is -0.605. The molecule has 2 unspecified atom stereocenters. The van der Waals surface area contributed by atoms with Crippen LogP contribution < -0.4 is 10.6 Å². The first kappa shape index (κ1) is 28.6. The molecule has 1 aromatic carbocycles. The van der Waals surface area contributed by atoms with Gasteiger partial charge in [0.05, 0.1) is 11.6 Å². The Hall–Kier alpha value is -1.93. The number of hydrogen-bond donors (Lipinski definition) is 3. The summed E-state index contributed by atoms with van der Waals surface area (Å²) in [5.41, 5.74) is -0.370. The Morgan fingerprint density at radius 3 is 2.42 bits per heavy atom. The lowest BCUT2D eigenvalue weighted by molar-refractivity contribution is 0.0492. The number of para-hydroxylation sites is 1. The number of carbonyl (C=O) groups excluding carboxylic acids is 2. The van der Waals surface area contributed by atoms with E-state index in [0.29, 0.717) is 5.92 Å². The molecule has 7 nitrogen and oxygen atoms in total. The quantitative estimate of drug-likeness (QED) is 0.424. The number of rotatable bonds is 9. The molecule has 0 aromatic heterocycles. The maximum absolute atomic E-state index is 12.9. The molecule has 0 spiro atoms. The molecule has 1 saturated heterocycles. The van der Waals surface area contributed by atoms with E-state index in [9.17, 15) is 14.7 Å². The van der Waals surface area contributed by atoms with Crippen LogP contribution in [-0.4, -0.2) is 71.3 Å². The standard InChI is InChI=1S/C28H45N3O4S/c1-28(2,3)35-27(34)30-23(18-29-26(33)22-12-8-9-13-24(22)32)25(21-14-16-31(4)17-15-21)36-19-20-10-6-5-7-11-20/h8-9,12-13,20-21,23,25,32H,5-7,10-11,14-19H2,1-4H3,(H,29,33)(H,30,34). The number of phenolic OH excluding ortho intramolecular Hbond substituents is 1. The highest BCUT2D eigenvalue weighted by Gasteiger charge is 2.35. The summed E-state index contributed by atoms with van der Waals surface area (Å²) in [6, 6.07) is 6.25. The maximum Gasteiger partial charge on any atom is 0.407 e. The number of carbonyl (C=O) groups is 2. The number of phenols is 1. The van der Waals surface area contributed by atoms with Gasteiger partial charge in [-0.15, -0.1) is 0 Å². The summed E-state index contributed by atoms with van der Waals surface area (Å²) in [6.45, 7) is 7.92. The molecule has 2 atom stereocenters. The second-order valence-electron chi connectivity index (χ2n) is 11.4. The van der Waals surface area contributed by atoms with E-state index in [2.05, 4.69) is 22.6 Å². The van der Waals surface area contributed by atoms with Crippen LogP contribution in [0.25, 0.3) is 0 Å². The van der Waals surface area contributed by atoms with E-state index in [1.165, 1.54) is 38.2 Å².